The van der Waals surface area contributed by atoms with Crippen LogP contribution in [0.4, 0.5) is 0 Å². The molecule has 0 spiro atoms. The Labute approximate surface area is 219 Å². The number of hydrogen-bond acceptors (Lipinski definition) is 6. The molecule has 3 aromatic rings. The van der Waals surface area contributed by atoms with Crippen molar-refractivity contribution in [2.75, 3.05) is 40.4 Å². The van der Waals surface area contributed by atoms with E-state index in [9.17, 15) is 9.59 Å². The Morgan fingerprint density at radius 2 is 1.84 bits per heavy atom. The molecular formula is C30H38N2O5. The lowest BCUT2D eigenvalue weighted by Crippen LogP contribution is -2.32. The van der Waals surface area contributed by atoms with Crippen LogP contribution in [0, 0.1) is 12.8 Å². The maximum atomic E-state index is 13.8. The summed E-state index contributed by atoms with van der Waals surface area (Å²) in [5.41, 5.74) is 2.42. The van der Waals surface area contributed by atoms with E-state index in [1.54, 1.807) is 11.0 Å². The molecule has 0 saturated heterocycles. The van der Waals surface area contributed by atoms with Gasteiger partial charge in [-0.1, -0.05) is 31.5 Å². The third-order valence-corrected chi connectivity index (χ3v) is 6.66. The first kappa shape index (κ1) is 26.7. The third-order valence-electron chi connectivity index (χ3n) is 6.66. The van der Waals surface area contributed by atoms with Gasteiger partial charge in [-0.2, -0.15) is 0 Å². The number of fused-ring (bicyclic) bond motifs is 2. The molecule has 0 bridgehead atoms. The van der Waals surface area contributed by atoms with Gasteiger partial charge in [0.2, 0.25) is 5.76 Å². The molecule has 4 rings (SSSR count). The molecule has 0 saturated carbocycles. The van der Waals surface area contributed by atoms with Crippen molar-refractivity contribution in [3.05, 3.63) is 69.1 Å². The summed E-state index contributed by atoms with van der Waals surface area (Å²) in [4.78, 5) is 31.3. The van der Waals surface area contributed by atoms with E-state index in [0.29, 0.717) is 53.7 Å². The fourth-order valence-electron chi connectivity index (χ4n) is 4.76. The Bertz CT molecular complexity index is 1330. The Hall–Kier alpha value is -3.32. The number of ether oxygens (including phenoxy) is 2. The van der Waals surface area contributed by atoms with Crippen molar-refractivity contribution < 1.29 is 18.7 Å². The van der Waals surface area contributed by atoms with Gasteiger partial charge in [-0.25, -0.2) is 0 Å². The Morgan fingerprint density at radius 1 is 1.05 bits per heavy atom. The van der Waals surface area contributed by atoms with Gasteiger partial charge in [-0.15, -0.1) is 0 Å². The van der Waals surface area contributed by atoms with Crippen LogP contribution in [0.3, 0.4) is 0 Å². The lowest BCUT2D eigenvalue weighted by atomic mass is 9.97. The minimum atomic E-state index is -0.560. The van der Waals surface area contributed by atoms with Crippen molar-refractivity contribution in [3.63, 3.8) is 0 Å². The SMILES string of the molecule is CCOc1cc(C2c3c(oc4ccc(C)cc4c3=O)C(=O)N2CCCN(C)C)ccc1OCCC(C)C. The van der Waals surface area contributed by atoms with Gasteiger partial charge < -0.3 is 23.7 Å². The number of aryl methyl sites for hydroxylation is 1. The normalized spacial score (nSPS) is 15.2. The minimum Gasteiger partial charge on any atom is -0.490 e. The monoisotopic (exact) mass is 506 g/mol. The highest BCUT2D eigenvalue weighted by Crippen LogP contribution is 2.41. The van der Waals surface area contributed by atoms with E-state index in [2.05, 4.69) is 18.7 Å². The number of hydrogen-bond donors (Lipinski definition) is 0. The van der Waals surface area contributed by atoms with Crippen molar-refractivity contribution in [2.45, 2.75) is 46.6 Å². The van der Waals surface area contributed by atoms with Crippen molar-refractivity contribution in [3.8, 4) is 11.5 Å². The predicted molar refractivity (Wildman–Crippen MR) is 146 cm³/mol. The highest BCUT2D eigenvalue weighted by Gasteiger charge is 2.42. The minimum absolute atomic E-state index is 0.131. The first-order chi connectivity index (χ1) is 17.7. The average molecular weight is 507 g/mol. The predicted octanol–water partition coefficient (Wildman–Crippen LogP) is 5.42. The lowest BCUT2D eigenvalue weighted by molar-refractivity contribution is 0.0722. The van der Waals surface area contributed by atoms with E-state index in [4.69, 9.17) is 13.9 Å². The number of amides is 1. The van der Waals surface area contributed by atoms with E-state index in [1.165, 1.54) is 0 Å². The van der Waals surface area contributed by atoms with E-state index < -0.39 is 6.04 Å². The average Bonchev–Trinajstić information content (AvgIpc) is 3.12. The molecule has 1 aliphatic rings. The van der Waals surface area contributed by atoms with Crippen LogP contribution < -0.4 is 14.9 Å². The van der Waals surface area contributed by atoms with E-state index in [0.717, 1.165) is 30.5 Å². The molecule has 1 atom stereocenters. The highest BCUT2D eigenvalue weighted by atomic mass is 16.5. The van der Waals surface area contributed by atoms with E-state index >= 15 is 0 Å². The molecule has 37 heavy (non-hydrogen) atoms. The largest absolute Gasteiger partial charge is 0.490 e. The summed E-state index contributed by atoms with van der Waals surface area (Å²) in [5.74, 6) is 1.68. The molecule has 1 unspecified atom stereocenters. The topological polar surface area (TPSA) is 72.2 Å². The molecule has 1 amide bonds. The Kier molecular flexibility index (Phi) is 8.22. The van der Waals surface area contributed by atoms with Crippen LogP contribution in [-0.4, -0.2) is 56.1 Å². The van der Waals surface area contributed by atoms with Crippen molar-refractivity contribution in [2.24, 2.45) is 5.92 Å². The molecule has 0 fully saturated rings. The summed E-state index contributed by atoms with van der Waals surface area (Å²) >= 11 is 0. The number of carbonyl (C=O) groups is 1. The second kappa shape index (κ2) is 11.4. The maximum absolute atomic E-state index is 13.8. The number of rotatable bonds is 11. The van der Waals surface area contributed by atoms with Gasteiger partial charge in [0.15, 0.2) is 16.9 Å². The maximum Gasteiger partial charge on any atom is 0.290 e. The van der Waals surface area contributed by atoms with Crippen LogP contribution in [0.1, 0.15) is 66.9 Å². The van der Waals surface area contributed by atoms with Gasteiger partial charge in [0.05, 0.1) is 30.2 Å². The summed E-state index contributed by atoms with van der Waals surface area (Å²) in [6, 6.07) is 10.6. The first-order valence-corrected chi connectivity index (χ1v) is 13.1. The van der Waals surface area contributed by atoms with Gasteiger partial charge in [0, 0.05) is 6.54 Å². The standard InChI is InChI=1S/C30H38N2O5/c1-7-35-25-18-21(10-12-24(25)36-16-13-19(2)3)27-26-28(33)22-17-20(4)9-11-23(22)37-29(26)30(34)32(27)15-8-14-31(5)6/h9-12,17-19,27H,7-8,13-16H2,1-6H3. The van der Waals surface area contributed by atoms with Crippen molar-refractivity contribution in [1.29, 1.82) is 0 Å². The molecule has 2 heterocycles. The molecule has 198 valence electrons. The number of benzene rings is 2. The van der Waals surface area contributed by atoms with Crippen LogP contribution in [0.25, 0.3) is 11.0 Å². The molecule has 7 heteroatoms. The fraction of sp³-hybridized carbons (Fsp3) is 0.467. The quantitative estimate of drug-likeness (QED) is 0.346. The summed E-state index contributed by atoms with van der Waals surface area (Å²) in [7, 11) is 4.01. The van der Waals surface area contributed by atoms with Gasteiger partial charge >= 0.3 is 0 Å². The van der Waals surface area contributed by atoms with E-state index in [-0.39, 0.29) is 17.1 Å². The second-order valence-corrected chi connectivity index (χ2v) is 10.4. The van der Waals surface area contributed by atoms with Crippen LogP contribution in [0.15, 0.2) is 45.6 Å². The van der Waals surface area contributed by atoms with Crippen LogP contribution in [0.2, 0.25) is 0 Å². The summed E-state index contributed by atoms with van der Waals surface area (Å²) in [6.07, 6.45) is 1.70. The molecule has 2 aromatic carbocycles. The van der Waals surface area contributed by atoms with Crippen LogP contribution in [-0.2, 0) is 0 Å². The Morgan fingerprint density at radius 3 is 2.54 bits per heavy atom. The van der Waals surface area contributed by atoms with Crippen LogP contribution in [0.5, 0.6) is 11.5 Å². The van der Waals surface area contributed by atoms with Crippen LogP contribution >= 0.6 is 0 Å². The van der Waals surface area contributed by atoms with E-state index in [1.807, 2.05) is 58.3 Å². The van der Waals surface area contributed by atoms with Gasteiger partial charge in [-0.05, 0) is 83.1 Å². The lowest BCUT2D eigenvalue weighted by Gasteiger charge is -2.26. The molecular weight excluding hydrogens is 468 g/mol. The molecule has 7 nitrogen and oxygen atoms in total. The second-order valence-electron chi connectivity index (χ2n) is 10.4. The first-order valence-electron chi connectivity index (χ1n) is 13.1. The summed E-state index contributed by atoms with van der Waals surface area (Å²) < 4.78 is 18.0. The van der Waals surface area contributed by atoms with Crippen molar-refractivity contribution >= 4 is 16.9 Å². The Balaban J connectivity index is 1.81. The molecule has 0 radical (unpaired) electrons. The smallest absolute Gasteiger partial charge is 0.290 e. The molecule has 0 N–H and O–H groups in total. The zero-order chi connectivity index (χ0) is 26.7. The van der Waals surface area contributed by atoms with Crippen molar-refractivity contribution in [1.82, 2.24) is 9.80 Å². The zero-order valence-electron chi connectivity index (χ0n) is 22.8. The van der Waals surface area contributed by atoms with Gasteiger partial charge in [0.25, 0.3) is 5.91 Å². The molecule has 1 aromatic heterocycles. The van der Waals surface area contributed by atoms with Gasteiger partial charge in [-0.3, -0.25) is 9.59 Å². The fourth-order valence-corrected chi connectivity index (χ4v) is 4.76. The zero-order valence-corrected chi connectivity index (χ0v) is 22.8. The molecule has 1 aliphatic heterocycles. The number of nitrogens with zero attached hydrogens (tertiary/aromatic N) is 2. The summed E-state index contributed by atoms with van der Waals surface area (Å²) in [6.45, 7) is 10.6. The third kappa shape index (κ3) is 5.67. The summed E-state index contributed by atoms with van der Waals surface area (Å²) in [5, 5.41) is 0.491. The van der Waals surface area contributed by atoms with Gasteiger partial charge in [0.1, 0.15) is 5.58 Å². The number of carbonyl (C=O) groups excluding carboxylic acids is 1. The molecule has 0 aliphatic carbocycles. The highest BCUT2D eigenvalue weighted by molar-refractivity contribution is 5.99.